The Bertz CT molecular complexity index is 1170. The molecule has 5 heteroatoms. The van der Waals surface area contributed by atoms with Crippen molar-refractivity contribution in [3.05, 3.63) is 83.9 Å². The van der Waals surface area contributed by atoms with Gasteiger partial charge in [0.2, 0.25) is 0 Å². The van der Waals surface area contributed by atoms with Crippen LogP contribution in [-0.4, -0.2) is 22.5 Å². The van der Waals surface area contributed by atoms with E-state index >= 15 is 0 Å². The van der Waals surface area contributed by atoms with E-state index in [4.69, 9.17) is 14.7 Å². The number of carbonyl (C=O) groups excluding carboxylic acids is 1. The second-order valence-corrected chi connectivity index (χ2v) is 6.65. The van der Waals surface area contributed by atoms with Gasteiger partial charge in [-0.2, -0.15) is 0 Å². The number of rotatable bonds is 5. The molecule has 0 radical (unpaired) electrons. The first-order valence-corrected chi connectivity index (χ1v) is 9.52. The molecule has 29 heavy (non-hydrogen) atoms. The molecule has 0 atom stereocenters. The molecule has 1 heterocycles. The molecule has 0 amide bonds. The summed E-state index contributed by atoms with van der Waals surface area (Å²) < 4.78 is 5.04. The van der Waals surface area contributed by atoms with E-state index in [0.717, 1.165) is 33.5 Å². The molecule has 3 aromatic carbocycles. The summed E-state index contributed by atoms with van der Waals surface area (Å²) in [5.74, 6) is 1.07. The number of hydrogen-bond acceptors (Lipinski definition) is 5. The zero-order chi connectivity index (χ0) is 20.2. The molecule has 0 unspecified atom stereocenters. The summed E-state index contributed by atoms with van der Waals surface area (Å²) >= 11 is 0. The fraction of sp³-hybridized carbons (Fsp3) is 0.125. The third-order valence-corrected chi connectivity index (χ3v) is 4.65. The highest BCUT2D eigenvalue weighted by Gasteiger charge is 2.12. The Morgan fingerprint density at radius 1 is 0.931 bits per heavy atom. The van der Waals surface area contributed by atoms with E-state index in [1.165, 1.54) is 0 Å². The molecule has 0 spiro atoms. The highest BCUT2D eigenvalue weighted by atomic mass is 16.5. The van der Waals surface area contributed by atoms with Crippen molar-refractivity contribution >= 4 is 28.4 Å². The number of nitrogens with zero attached hydrogens (tertiary/aromatic N) is 2. The molecule has 0 fully saturated rings. The van der Waals surface area contributed by atoms with Crippen molar-refractivity contribution in [2.45, 2.75) is 13.8 Å². The van der Waals surface area contributed by atoms with Gasteiger partial charge in [0.05, 0.1) is 17.7 Å². The quantitative estimate of drug-likeness (QED) is 0.459. The zero-order valence-electron chi connectivity index (χ0n) is 16.3. The number of aryl methyl sites for hydroxylation is 1. The van der Waals surface area contributed by atoms with Crippen molar-refractivity contribution in [1.82, 2.24) is 9.97 Å². The number of ether oxygens (including phenoxy) is 1. The lowest BCUT2D eigenvalue weighted by atomic mass is 10.1. The molecule has 5 nitrogen and oxygen atoms in total. The van der Waals surface area contributed by atoms with Gasteiger partial charge in [0, 0.05) is 16.6 Å². The van der Waals surface area contributed by atoms with Gasteiger partial charge in [-0.15, -0.1) is 0 Å². The van der Waals surface area contributed by atoms with Crippen LogP contribution in [0.2, 0.25) is 0 Å². The van der Waals surface area contributed by atoms with Crippen molar-refractivity contribution < 1.29 is 9.53 Å². The number of hydrogen-bond donors (Lipinski definition) is 1. The number of aromatic nitrogens is 2. The third-order valence-electron chi connectivity index (χ3n) is 4.65. The Kier molecular flexibility index (Phi) is 5.20. The normalized spacial score (nSPS) is 10.7. The summed E-state index contributed by atoms with van der Waals surface area (Å²) in [5, 5.41) is 4.30. The average Bonchev–Trinajstić information content (AvgIpc) is 2.75. The van der Waals surface area contributed by atoms with Crippen LogP contribution in [-0.2, 0) is 4.74 Å². The molecule has 4 rings (SSSR count). The smallest absolute Gasteiger partial charge is 0.338 e. The maximum atomic E-state index is 11.9. The molecule has 0 saturated carbocycles. The molecule has 144 valence electrons. The van der Waals surface area contributed by atoms with Crippen LogP contribution >= 0.6 is 0 Å². The van der Waals surface area contributed by atoms with Crippen LogP contribution in [0.25, 0.3) is 22.3 Å². The fourth-order valence-electron chi connectivity index (χ4n) is 3.16. The number of carbonyl (C=O) groups is 1. The van der Waals surface area contributed by atoms with Crippen molar-refractivity contribution in [3.8, 4) is 11.4 Å². The fourth-order valence-corrected chi connectivity index (χ4v) is 3.16. The number of fused-ring (bicyclic) bond motifs is 1. The Labute approximate surface area is 169 Å². The lowest BCUT2D eigenvalue weighted by Crippen LogP contribution is -2.04. The van der Waals surface area contributed by atoms with Crippen molar-refractivity contribution in [1.29, 1.82) is 0 Å². The summed E-state index contributed by atoms with van der Waals surface area (Å²) in [6, 6.07) is 23.1. The van der Waals surface area contributed by atoms with Crippen molar-refractivity contribution in [2.24, 2.45) is 0 Å². The van der Waals surface area contributed by atoms with Crippen LogP contribution in [0.4, 0.5) is 11.5 Å². The number of nitrogens with one attached hydrogen (secondary N) is 1. The molecule has 1 aromatic heterocycles. The summed E-state index contributed by atoms with van der Waals surface area (Å²) in [6.45, 7) is 4.20. The monoisotopic (exact) mass is 383 g/mol. The Balaban J connectivity index is 1.73. The van der Waals surface area contributed by atoms with Crippen LogP contribution in [0.3, 0.4) is 0 Å². The van der Waals surface area contributed by atoms with Gasteiger partial charge in [-0.25, -0.2) is 14.8 Å². The first kappa shape index (κ1) is 18.6. The Morgan fingerprint density at radius 2 is 1.66 bits per heavy atom. The van der Waals surface area contributed by atoms with E-state index in [9.17, 15) is 4.79 Å². The van der Waals surface area contributed by atoms with Crippen LogP contribution in [0.15, 0.2) is 72.8 Å². The Hall–Kier alpha value is -3.73. The molecule has 0 saturated heterocycles. The lowest BCUT2D eigenvalue weighted by Gasteiger charge is -2.12. The molecular weight excluding hydrogens is 362 g/mol. The van der Waals surface area contributed by atoms with Gasteiger partial charge in [0.1, 0.15) is 5.82 Å². The van der Waals surface area contributed by atoms with Gasteiger partial charge in [0.25, 0.3) is 0 Å². The van der Waals surface area contributed by atoms with E-state index in [1.807, 2.05) is 54.6 Å². The maximum Gasteiger partial charge on any atom is 0.338 e. The van der Waals surface area contributed by atoms with Crippen LogP contribution in [0.5, 0.6) is 0 Å². The van der Waals surface area contributed by atoms with Gasteiger partial charge < -0.3 is 10.1 Å². The maximum absolute atomic E-state index is 11.9. The van der Waals surface area contributed by atoms with E-state index in [1.54, 1.807) is 19.1 Å². The van der Waals surface area contributed by atoms with Gasteiger partial charge in [0.15, 0.2) is 5.82 Å². The highest BCUT2D eigenvalue weighted by molar-refractivity contribution is 5.93. The first-order valence-electron chi connectivity index (χ1n) is 9.52. The summed E-state index contributed by atoms with van der Waals surface area (Å²) in [7, 11) is 0. The SMILES string of the molecule is CCOC(=O)c1ccc(Nc2nc(-c3ccccc3C)nc3ccccc23)cc1. The predicted molar refractivity (Wildman–Crippen MR) is 115 cm³/mol. The third kappa shape index (κ3) is 3.94. The summed E-state index contributed by atoms with van der Waals surface area (Å²) in [4.78, 5) is 21.4. The minimum Gasteiger partial charge on any atom is -0.462 e. The molecular formula is C24H21N3O2. The lowest BCUT2D eigenvalue weighted by molar-refractivity contribution is 0.0526. The summed E-state index contributed by atoms with van der Waals surface area (Å²) in [6.07, 6.45) is 0. The molecule has 4 aromatic rings. The minimum absolute atomic E-state index is 0.326. The van der Waals surface area contributed by atoms with E-state index in [0.29, 0.717) is 18.0 Å². The van der Waals surface area contributed by atoms with Crippen LogP contribution in [0, 0.1) is 6.92 Å². The Morgan fingerprint density at radius 3 is 2.41 bits per heavy atom. The van der Waals surface area contributed by atoms with Gasteiger partial charge in [-0.1, -0.05) is 36.4 Å². The standard InChI is InChI=1S/C24H21N3O2/c1-3-29-24(28)17-12-14-18(15-13-17)25-23-20-10-6-7-11-21(20)26-22(27-23)19-9-5-4-8-16(19)2/h4-15H,3H2,1-2H3,(H,25,26,27). The van der Waals surface area contributed by atoms with Gasteiger partial charge >= 0.3 is 5.97 Å². The number of esters is 1. The van der Waals surface area contributed by atoms with Crippen molar-refractivity contribution in [3.63, 3.8) is 0 Å². The zero-order valence-corrected chi connectivity index (χ0v) is 16.3. The van der Waals surface area contributed by atoms with Crippen LogP contribution < -0.4 is 5.32 Å². The minimum atomic E-state index is -0.326. The number of benzene rings is 3. The second kappa shape index (κ2) is 8.10. The topological polar surface area (TPSA) is 64.1 Å². The van der Waals surface area contributed by atoms with Crippen molar-refractivity contribution in [2.75, 3.05) is 11.9 Å². The van der Waals surface area contributed by atoms with E-state index in [-0.39, 0.29) is 5.97 Å². The van der Waals surface area contributed by atoms with E-state index < -0.39 is 0 Å². The predicted octanol–water partition coefficient (Wildman–Crippen LogP) is 5.53. The average molecular weight is 383 g/mol. The molecule has 0 aliphatic rings. The molecule has 0 aliphatic carbocycles. The van der Waals surface area contributed by atoms with Gasteiger partial charge in [-0.05, 0) is 55.8 Å². The first-order chi connectivity index (χ1) is 14.2. The molecule has 0 aliphatic heterocycles. The van der Waals surface area contributed by atoms with E-state index in [2.05, 4.69) is 18.3 Å². The summed E-state index contributed by atoms with van der Waals surface area (Å²) in [5.41, 5.74) is 4.33. The number of anilines is 2. The van der Waals surface area contributed by atoms with Crippen LogP contribution in [0.1, 0.15) is 22.8 Å². The second-order valence-electron chi connectivity index (χ2n) is 6.65. The highest BCUT2D eigenvalue weighted by Crippen LogP contribution is 2.28. The molecule has 0 bridgehead atoms. The number of para-hydroxylation sites is 1. The largest absolute Gasteiger partial charge is 0.462 e. The molecule has 1 N–H and O–H groups in total. The van der Waals surface area contributed by atoms with Gasteiger partial charge in [-0.3, -0.25) is 0 Å².